The van der Waals surface area contributed by atoms with Crippen LogP contribution in [0, 0.1) is 5.92 Å². The third-order valence-corrected chi connectivity index (χ3v) is 5.46. The Morgan fingerprint density at radius 2 is 1.93 bits per heavy atom. The summed E-state index contributed by atoms with van der Waals surface area (Å²) in [5, 5.41) is -0.191. The maximum Gasteiger partial charge on any atom is 0.221 e. The molecule has 1 saturated heterocycles. The normalized spacial score (nSPS) is 28.9. The minimum Gasteiger partial charge on any atom is -0.369 e. The number of piperidine rings is 1. The number of carbonyl (C=O) groups is 1. The lowest BCUT2D eigenvalue weighted by Crippen LogP contribution is -2.45. The summed E-state index contributed by atoms with van der Waals surface area (Å²) in [6.45, 7) is 0.830. The third-order valence-electron chi connectivity index (χ3n) is 3.09. The van der Waals surface area contributed by atoms with Gasteiger partial charge in [-0.15, -0.1) is 0 Å². The van der Waals surface area contributed by atoms with E-state index in [1.807, 2.05) is 0 Å². The molecule has 0 aromatic heterocycles. The van der Waals surface area contributed by atoms with Crippen molar-refractivity contribution in [1.82, 2.24) is 4.31 Å². The number of primary amides is 1. The van der Waals surface area contributed by atoms with Crippen molar-refractivity contribution in [3.8, 4) is 0 Å². The summed E-state index contributed by atoms with van der Waals surface area (Å²) in [5.41, 5.74) is 5.20. The molecule has 2 N–H and O–H groups in total. The van der Waals surface area contributed by atoms with Crippen molar-refractivity contribution in [2.45, 2.75) is 30.9 Å². The number of hydrogen-bond acceptors (Lipinski definition) is 3. The van der Waals surface area contributed by atoms with E-state index in [9.17, 15) is 13.2 Å². The van der Waals surface area contributed by atoms with Gasteiger partial charge in [0, 0.05) is 13.1 Å². The van der Waals surface area contributed by atoms with Crippen LogP contribution < -0.4 is 5.73 Å². The summed E-state index contributed by atoms with van der Waals surface area (Å²) < 4.78 is 25.2. The van der Waals surface area contributed by atoms with Crippen LogP contribution in [-0.2, 0) is 14.8 Å². The predicted octanol–water partition coefficient (Wildman–Crippen LogP) is -0.324. The fourth-order valence-electron chi connectivity index (χ4n) is 1.98. The van der Waals surface area contributed by atoms with Crippen LogP contribution >= 0.6 is 0 Å². The Morgan fingerprint density at radius 3 is 2.47 bits per heavy atom. The average molecular weight is 232 g/mol. The zero-order valence-corrected chi connectivity index (χ0v) is 9.37. The van der Waals surface area contributed by atoms with E-state index < -0.39 is 10.0 Å². The van der Waals surface area contributed by atoms with Gasteiger partial charge in [-0.2, -0.15) is 0 Å². The summed E-state index contributed by atoms with van der Waals surface area (Å²) in [7, 11) is -3.13. The number of amides is 1. The zero-order chi connectivity index (χ0) is 11.1. The minimum absolute atomic E-state index is 0.191. The molecule has 1 amide bonds. The van der Waals surface area contributed by atoms with Gasteiger partial charge in [0.15, 0.2) is 0 Å². The van der Waals surface area contributed by atoms with E-state index in [2.05, 4.69) is 0 Å². The fraction of sp³-hybridized carbons (Fsp3) is 0.889. The average Bonchev–Trinajstić information content (AvgIpc) is 3.01. The molecule has 0 spiro atoms. The van der Waals surface area contributed by atoms with Crippen LogP contribution in [0.1, 0.15) is 25.7 Å². The van der Waals surface area contributed by atoms with Crippen LogP contribution in [0.4, 0.5) is 0 Å². The van der Waals surface area contributed by atoms with Crippen molar-refractivity contribution in [2.75, 3.05) is 13.1 Å². The van der Waals surface area contributed by atoms with Gasteiger partial charge in [-0.05, 0) is 25.7 Å². The van der Waals surface area contributed by atoms with Gasteiger partial charge in [0.2, 0.25) is 15.9 Å². The highest BCUT2D eigenvalue weighted by molar-refractivity contribution is 7.90. The maximum atomic E-state index is 11.9. The highest BCUT2D eigenvalue weighted by Gasteiger charge is 2.42. The van der Waals surface area contributed by atoms with E-state index in [0.717, 1.165) is 19.3 Å². The van der Waals surface area contributed by atoms with Crippen LogP contribution in [0.2, 0.25) is 0 Å². The molecular formula is C9H16N2O3S. The molecule has 1 atom stereocenters. The first-order valence-corrected chi connectivity index (χ1v) is 6.80. The van der Waals surface area contributed by atoms with Crippen LogP contribution in [0.3, 0.4) is 0 Å². The number of nitrogens with zero attached hydrogens (tertiary/aromatic N) is 1. The molecule has 1 aliphatic heterocycles. The van der Waals surface area contributed by atoms with Gasteiger partial charge in [-0.1, -0.05) is 0 Å². The lowest BCUT2D eigenvalue weighted by atomic mass is 9.99. The molecule has 2 rings (SSSR count). The fourth-order valence-corrected chi connectivity index (χ4v) is 3.91. The predicted molar refractivity (Wildman–Crippen MR) is 55.4 cm³/mol. The molecule has 0 unspecified atom stereocenters. The van der Waals surface area contributed by atoms with Gasteiger partial charge < -0.3 is 5.73 Å². The molecule has 2 aliphatic rings. The largest absolute Gasteiger partial charge is 0.369 e. The van der Waals surface area contributed by atoms with Crippen molar-refractivity contribution in [1.29, 1.82) is 0 Å². The van der Waals surface area contributed by atoms with Gasteiger partial charge in [-0.25, -0.2) is 12.7 Å². The van der Waals surface area contributed by atoms with Crippen LogP contribution in [0.5, 0.6) is 0 Å². The number of rotatable bonds is 3. The first-order valence-electron chi connectivity index (χ1n) is 5.30. The molecule has 6 heteroatoms. The number of nitrogens with two attached hydrogens (primary N) is 1. The second-order valence-corrected chi connectivity index (χ2v) is 6.56. The molecule has 15 heavy (non-hydrogen) atoms. The first-order chi connectivity index (χ1) is 7.01. The summed E-state index contributed by atoms with van der Waals surface area (Å²) in [5.74, 6) is -0.682. The number of sulfonamides is 1. The lowest BCUT2D eigenvalue weighted by molar-refractivity contribution is -0.122. The molecule has 0 radical (unpaired) electrons. The molecule has 5 nitrogen and oxygen atoms in total. The van der Waals surface area contributed by atoms with Crippen LogP contribution in [0.25, 0.3) is 0 Å². The summed E-state index contributed by atoms with van der Waals surface area (Å²) in [4.78, 5) is 11.0. The molecule has 0 aromatic carbocycles. The molecule has 1 saturated carbocycles. The van der Waals surface area contributed by atoms with E-state index in [0.29, 0.717) is 13.0 Å². The van der Waals surface area contributed by atoms with Crippen molar-refractivity contribution in [3.63, 3.8) is 0 Å². The topological polar surface area (TPSA) is 80.5 Å². The Labute approximate surface area is 89.7 Å². The first kappa shape index (κ1) is 10.9. The van der Waals surface area contributed by atoms with Gasteiger partial charge in [0.05, 0.1) is 11.2 Å². The Hall–Kier alpha value is -0.620. The molecule has 0 bridgehead atoms. The van der Waals surface area contributed by atoms with Crippen molar-refractivity contribution < 1.29 is 13.2 Å². The van der Waals surface area contributed by atoms with E-state index in [1.54, 1.807) is 0 Å². The van der Waals surface area contributed by atoms with Crippen LogP contribution in [-0.4, -0.2) is 37.0 Å². The maximum absolute atomic E-state index is 11.9. The van der Waals surface area contributed by atoms with E-state index in [1.165, 1.54) is 4.31 Å². The number of hydrogen-bond donors (Lipinski definition) is 1. The Morgan fingerprint density at radius 1 is 1.27 bits per heavy atom. The highest BCUT2D eigenvalue weighted by atomic mass is 32.2. The van der Waals surface area contributed by atoms with Crippen molar-refractivity contribution >= 4 is 15.9 Å². The van der Waals surface area contributed by atoms with Gasteiger partial charge >= 0.3 is 0 Å². The monoisotopic (exact) mass is 232 g/mol. The smallest absolute Gasteiger partial charge is 0.221 e. The molecule has 86 valence electrons. The Balaban J connectivity index is 2.07. The molecule has 2 fully saturated rings. The molecule has 0 aromatic rings. The lowest BCUT2D eigenvalue weighted by Gasteiger charge is -2.30. The summed E-state index contributed by atoms with van der Waals surface area (Å²) in [6.07, 6.45) is 2.98. The SMILES string of the molecule is NC(=O)[C@@H]1CCCN(S(=O)(=O)C2CC2)C1. The van der Waals surface area contributed by atoms with Gasteiger partial charge in [-0.3, -0.25) is 4.79 Å². The second-order valence-electron chi connectivity index (χ2n) is 4.34. The quantitative estimate of drug-likeness (QED) is 0.724. The summed E-state index contributed by atoms with van der Waals surface area (Å²) in [6, 6.07) is 0. The second kappa shape index (κ2) is 3.75. The highest BCUT2D eigenvalue weighted by Crippen LogP contribution is 2.33. The van der Waals surface area contributed by atoms with Gasteiger partial charge in [0.25, 0.3) is 0 Å². The van der Waals surface area contributed by atoms with Gasteiger partial charge in [0.1, 0.15) is 0 Å². The molecule has 1 aliphatic carbocycles. The van der Waals surface area contributed by atoms with E-state index >= 15 is 0 Å². The summed E-state index contributed by atoms with van der Waals surface area (Å²) >= 11 is 0. The standard InChI is InChI=1S/C9H16N2O3S/c10-9(12)7-2-1-5-11(6-7)15(13,14)8-3-4-8/h7-8H,1-6H2,(H2,10,12)/t7-/m1/s1. The Kier molecular flexibility index (Phi) is 2.72. The molecular weight excluding hydrogens is 216 g/mol. The van der Waals surface area contributed by atoms with E-state index in [-0.39, 0.29) is 23.6 Å². The number of carbonyl (C=O) groups excluding carboxylic acids is 1. The van der Waals surface area contributed by atoms with E-state index in [4.69, 9.17) is 5.73 Å². The third kappa shape index (κ3) is 2.15. The Bertz CT molecular complexity index is 362. The van der Waals surface area contributed by atoms with Crippen molar-refractivity contribution in [2.24, 2.45) is 11.7 Å². The zero-order valence-electron chi connectivity index (χ0n) is 8.55. The van der Waals surface area contributed by atoms with Crippen molar-refractivity contribution in [3.05, 3.63) is 0 Å². The minimum atomic E-state index is -3.13. The van der Waals surface area contributed by atoms with Crippen LogP contribution in [0.15, 0.2) is 0 Å². The molecule has 1 heterocycles.